The summed E-state index contributed by atoms with van der Waals surface area (Å²) in [7, 11) is -1.10. The van der Waals surface area contributed by atoms with Crippen LogP contribution >= 0.6 is 7.92 Å². The topological polar surface area (TPSA) is 12.9 Å². The van der Waals surface area contributed by atoms with E-state index in [1.807, 2.05) is 12.1 Å². The summed E-state index contributed by atoms with van der Waals surface area (Å²) in [5, 5.41) is 3.95. The summed E-state index contributed by atoms with van der Waals surface area (Å²) in [6, 6.07) is 37.2. The molecule has 34 heavy (non-hydrogen) atoms. The molecule has 5 aromatic rings. The van der Waals surface area contributed by atoms with Gasteiger partial charge in [0.2, 0.25) is 0 Å². The number of aromatic nitrogens is 1. The van der Waals surface area contributed by atoms with Crippen molar-refractivity contribution < 1.29 is 4.39 Å². The Morgan fingerprint density at radius 2 is 1.29 bits per heavy atom. The highest BCUT2D eigenvalue weighted by Crippen LogP contribution is 2.49. The van der Waals surface area contributed by atoms with Crippen molar-refractivity contribution in [3.63, 3.8) is 0 Å². The first-order chi connectivity index (χ1) is 16.8. The zero-order valence-corrected chi connectivity index (χ0v) is 19.9. The standard InChI is InChI=1S/C31H25FNP/c32-24-19-17-22(18-20-24)30-27-13-7-8-14-29(27)33-31(23-15-16-23)28(30)21-34(25-9-3-1-4-10-25)26-11-5-2-6-12-26/h1-14,17-20,23H,15-16,21H2/p+1. The second-order valence-electron chi connectivity index (χ2n) is 9.04. The summed E-state index contributed by atoms with van der Waals surface area (Å²) in [6.45, 7) is 0. The van der Waals surface area contributed by atoms with Gasteiger partial charge in [0.05, 0.1) is 35.9 Å². The van der Waals surface area contributed by atoms with Crippen molar-refractivity contribution in [2.75, 3.05) is 0 Å². The van der Waals surface area contributed by atoms with E-state index < -0.39 is 7.92 Å². The summed E-state index contributed by atoms with van der Waals surface area (Å²) < 4.78 is 13.9. The fourth-order valence-corrected chi connectivity index (χ4v) is 7.56. The average molecular weight is 463 g/mol. The van der Waals surface area contributed by atoms with Crippen molar-refractivity contribution in [1.82, 2.24) is 4.98 Å². The number of nitrogens with zero attached hydrogens (tertiary/aromatic N) is 1. The molecule has 1 nitrogen and oxygen atoms in total. The van der Waals surface area contributed by atoms with Crippen molar-refractivity contribution >= 4 is 29.4 Å². The second-order valence-corrected chi connectivity index (χ2v) is 11.5. The fourth-order valence-electron chi connectivity index (χ4n) is 4.92. The lowest BCUT2D eigenvalue weighted by Crippen LogP contribution is -2.14. The molecule has 0 aliphatic heterocycles. The van der Waals surface area contributed by atoms with E-state index in [1.165, 1.54) is 40.3 Å². The van der Waals surface area contributed by atoms with E-state index >= 15 is 0 Å². The number of fused-ring (bicyclic) bond motifs is 1. The minimum atomic E-state index is -1.10. The molecule has 0 saturated heterocycles. The summed E-state index contributed by atoms with van der Waals surface area (Å²) in [6.07, 6.45) is 3.34. The number of hydrogen-bond donors (Lipinski definition) is 0. The van der Waals surface area contributed by atoms with Gasteiger partial charge in [-0.1, -0.05) is 66.7 Å². The SMILES string of the molecule is Fc1ccc(-c2c(C[PH+](c3ccccc3)c3ccccc3)c(C3CC3)nc3ccccc23)cc1. The monoisotopic (exact) mass is 462 g/mol. The molecule has 4 aromatic carbocycles. The molecule has 6 rings (SSSR count). The van der Waals surface area contributed by atoms with Gasteiger partial charge in [0, 0.05) is 16.9 Å². The van der Waals surface area contributed by atoms with Crippen LogP contribution in [-0.2, 0) is 6.16 Å². The van der Waals surface area contributed by atoms with Gasteiger partial charge in [-0.05, 0) is 66.4 Å². The van der Waals surface area contributed by atoms with Crippen molar-refractivity contribution in [3.8, 4) is 11.1 Å². The predicted molar refractivity (Wildman–Crippen MR) is 143 cm³/mol. The number of para-hydroxylation sites is 1. The summed E-state index contributed by atoms with van der Waals surface area (Å²) in [4.78, 5) is 5.22. The lowest BCUT2D eigenvalue weighted by atomic mass is 9.93. The lowest BCUT2D eigenvalue weighted by Gasteiger charge is -2.19. The number of rotatable bonds is 6. The number of halogens is 1. The maximum atomic E-state index is 13.9. The third-order valence-corrected chi connectivity index (χ3v) is 9.49. The van der Waals surface area contributed by atoms with Gasteiger partial charge in [0.1, 0.15) is 5.82 Å². The molecule has 0 atom stereocenters. The summed E-state index contributed by atoms with van der Waals surface area (Å²) in [5.74, 6) is 0.318. The van der Waals surface area contributed by atoms with Crippen LogP contribution < -0.4 is 10.6 Å². The normalized spacial score (nSPS) is 13.5. The minimum absolute atomic E-state index is 0.204. The quantitative estimate of drug-likeness (QED) is 0.242. The van der Waals surface area contributed by atoms with E-state index in [4.69, 9.17) is 4.98 Å². The van der Waals surface area contributed by atoms with Gasteiger partial charge >= 0.3 is 0 Å². The van der Waals surface area contributed by atoms with Gasteiger partial charge in [-0.15, -0.1) is 0 Å². The van der Waals surface area contributed by atoms with E-state index in [0.717, 1.165) is 22.6 Å². The first-order valence-corrected chi connectivity index (χ1v) is 13.6. The molecule has 1 aliphatic rings. The molecular formula is C31H26FNP+. The zero-order chi connectivity index (χ0) is 22.9. The van der Waals surface area contributed by atoms with E-state index in [0.29, 0.717) is 5.92 Å². The van der Waals surface area contributed by atoms with Crippen LogP contribution in [0.5, 0.6) is 0 Å². The van der Waals surface area contributed by atoms with Crippen molar-refractivity contribution in [1.29, 1.82) is 0 Å². The third kappa shape index (κ3) is 4.15. The maximum Gasteiger partial charge on any atom is 0.123 e. The highest BCUT2D eigenvalue weighted by molar-refractivity contribution is 7.72. The molecule has 0 unspecified atom stereocenters. The number of hydrogen-bond acceptors (Lipinski definition) is 1. The lowest BCUT2D eigenvalue weighted by molar-refractivity contribution is 0.628. The molecule has 3 heteroatoms. The molecule has 166 valence electrons. The molecule has 1 aliphatic carbocycles. The van der Waals surface area contributed by atoms with Crippen LogP contribution in [0.1, 0.15) is 30.0 Å². The molecule has 0 N–H and O–H groups in total. The largest absolute Gasteiger partial charge is 0.252 e. The predicted octanol–water partition coefficient (Wildman–Crippen LogP) is 7.28. The van der Waals surface area contributed by atoms with Crippen LogP contribution in [-0.4, -0.2) is 4.98 Å². The highest BCUT2D eigenvalue weighted by atomic mass is 31.1. The first kappa shape index (κ1) is 21.2. The smallest absolute Gasteiger partial charge is 0.123 e. The van der Waals surface area contributed by atoms with Gasteiger partial charge in [-0.25, -0.2) is 4.39 Å². The maximum absolute atomic E-state index is 13.9. The molecule has 1 fully saturated rings. The van der Waals surface area contributed by atoms with Crippen LogP contribution in [0, 0.1) is 5.82 Å². The summed E-state index contributed by atoms with van der Waals surface area (Å²) >= 11 is 0. The molecule has 0 radical (unpaired) electrons. The Balaban J connectivity index is 1.60. The van der Waals surface area contributed by atoms with Crippen molar-refractivity contribution in [2.24, 2.45) is 0 Å². The summed E-state index contributed by atoms with van der Waals surface area (Å²) in [5.41, 5.74) is 5.91. The average Bonchev–Trinajstić information content (AvgIpc) is 3.74. The van der Waals surface area contributed by atoms with Crippen LogP contribution in [0.25, 0.3) is 22.0 Å². The minimum Gasteiger partial charge on any atom is -0.252 e. The fraction of sp³-hybridized carbons (Fsp3) is 0.129. The van der Waals surface area contributed by atoms with Crippen LogP contribution in [0.4, 0.5) is 4.39 Å². The Morgan fingerprint density at radius 3 is 1.91 bits per heavy atom. The molecular weight excluding hydrogens is 436 g/mol. The van der Waals surface area contributed by atoms with Gasteiger partial charge in [-0.2, -0.15) is 0 Å². The Hall–Kier alpha value is -3.35. The van der Waals surface area contributed by atoms with Gasteiger partial charge in [0.15, 0.2) is 0 Å². The Kier molecular flexibility index (Phi) is 5.69. The Bertz CT molecular complexity index is 1390. The molecule has 1 saturated carbocycles. The molecule has 1 heterocycles. The van der Waals surface area contributed by atoms with Gasteiger partial charge < -0.3 is 0 Å². The van der Waals surface area contributed by atoms with E-state index in [1.54, 1.807) is 12.1 Å². The van der Waals surface area contributed by atoms with Crippen LogP contribution in [0.15, 0.2) is 109 Å². The van der Waals surface area contributed by atoms with E-state index in [-0.39, 0.29) is 5.82 Å². The van der Waals surface area contributed by atoms with Gasteiger partial charge in [0.25, 0.3) is 0 Å². The first-order valence-electron chi connectivity index (χ1n) is 11.9. The highest BCUT2D eigenvalue weighted by Gasteiger charge is 2.34. The number of benzene rings is 4. The van der Waals surface area contributed by atoms with Crippen LogP contribution in [0.2, 0.25) is 0 Å². The molecule has 1 aromatic heterocycles. The molecule has 0 bridgehead atoms. The van der Waals surface area contributed by atoms with Gasteiger partial charge in [-0.3, -0.25) is 4.98 Å². The van der Waals surface area contributed by atoms with Crippen molar-refractivity contribution in [3.05, 3.63) is 126 Å². The van der Waals surface area contributed by atoms with Crippen LogP contribution in [0.3, 0.4) is 0 Å². The van der Waals surface area contributed by atoms with E-state index in [9.17, 15) is 4.39 Å². The second kappa shape index (κ2) is 9.12. The number of pyridine rings is 1. The van der Waals surface area contributed by atoms with E-state index in [2.05, 4.69) is 84.9 Å². The Morgan fingerprint density at radius 1 is 0.706 bits per heavy atom. The molecule has 0 spiro atoms. The Labute approximate surface area is 201 Å². The molecule has 0 amide bonds. The van der Waals surface area contributed by atoms with Crippen molar-refractivity contribution in [2.45, 2.75) is 24.9 Å². The zero-order valence-electron chi connectivity index (χ0n) is 18.9. The third-order valence-electron chi connectivity index (χ3n) is 6.72.